The summed E-state index contributed by atoms with van der Waals surface area (Å²) in [5.41, 5.74) is 6.19. The third-order valence-corrected chi connectivity index (χ3v) is 3.85. The molecule has 0 saturated carbocycles. The number of hydrogen-bond acceptors (Lipinski definition) is 7. The summed E-state index contributed by atoms with van der Waals surface area (Å²) >= 11 is 1.15. The largest absolute Gasteiger partial charge is 0.468 e. The first-order valence-electron chi connectivity index (χ1n) is 6.80. The molecule has 0 bridgehead atoms. The van der Waals surface area contributed by atoms with Gasteiger partial charge in [0.15, 0.2) is 0 Å². The van der Waals surface area contributed by atoms with Gasteiger partial charge in [-0.25, -0.2) is 5.10 Å². The molecule has 0 aliphatic heterocycles. The molecule has 122 valence electrons. The Morgan fingerprint density at radius 3 is 2.74 bits per heavy atom. The predicted octanol–water partition coefficient (Wildman–Crippen LogP) is 0.552. The third kappa shape index (κ3) is 4.99. The highest BCUT2D eigenvalue weighted by Crippen LogP contribution is 2.17. The summed E-state index contributed by atoms with van der Waals surface area (Å²) in [6.45, 7) is 0.159. The van der Waals surface area contributed by atoms with Gasteiger partial charge in [0.05, 0.1) is 18.8 Å². The Bertz CT molecular complexity index is 661. The van der Waals surface area contributed by atoms with E-state index < -0.39 is 11.9 Å². The van der Waals surface area contributed by atoms with Gasteiger partial charge >= 0.3 is 5.97 Å². The first kappa shape index (κ1) is 16.8. The number of carbonyl (C=O) groups is 2. The number of nitrogens with one attached hydrogen (secondary N) is 2. The molecular formula is C14H17N5O3S. The van der Waals surface area contributed by atoms with Crippen molar-refractivity contribution in [1.29, 1.82) is 0 Å². The second kappa shape index (κ2) is 8.18. The fourth-order valence-corrected chi connectivity index (χ4v) is 2.52. The van der Waals surface area contributed by atoms with Crippen molar-refractivity contribution in [3.8, 4) is 0 Å². The van der Waals surface area contributed by atoms with Gasteiger partial charge in [0.1, 0.15) is 0 Å². The van der Waals surface area contributed by atoms with Crippen LogP contribution in [-0.4, -0.2) is 46.5 Å². The van der Waals surface area contributed by atoms with E-state index in [1.54, 1.807) is 0 Å². The van der Waals surface area contributed by atoms with Crippen molar-refractivity contribution < 1.29 is 14.3 Å². The number of ether oxygens (including phenoxy) is 1. The van der Waals surface area contributed by atoms with Crippen LogP contribution in [-0.2, 0) is 14.3 Å². The van der Waals surface area contributed by atoms with E-state index in [1.165, 1.54) is 7.11 Å². The number of amides is 1. The van der Waals surface area contributed by atoms with Crippen LogP contribution in [0.5, 0.6) is 0 Å². The summed E-state index contributed by atoms with van der Waals surface area (Å²) in [7, 11) is 1.32. The highest BCUT2D eigenvalue weighted by atomic mass is 32.2. The number of aromatic nitrogens is 3. The lowest BCUT2D eigenvalue weighted by atomic mass is 9.99. The first-order chi connectivity index (χ1) is 11.1. The minimum absolute atomic E-state index is 0.125. The van der Waals surface area contributed by atoms with Crippen LogP contribution in [0.1, 0.15) is 11.5 Å². The molecule has 0 radical (unpaired) electrons. The summed E-state index contributed by atoms with van der Waals surface area (Å²) in [6.07, 6.45) is 0. The zero-order valence-electron chi connectivity index (χ0n) is 12.5. The SMILES string of the molecule is COC(=O)C(CNC(=O)CSc1n[nH]c(N)n1)c1ccccc1. The van der Waals surface area contributed by atoms with Gasteiger partial charge in [-0.05, 0) is 5.56 Å². The Kier molecular flexibility index (Phi) is 5.98. The van der Waals surface area contributed by atoms with Gasteiger partial charge in [0.2, 0.25) is 17.0 Å². The predicted molar refractivity (Wildman–Crippen MR) is 85.7 cm³/mol. The second-order valence-corrected chi connectivity index (χ2v) is 5.52. The van der Waals surface area contributed by atoms with Crippen LogP contribution < -0.4 is 11.1 Å². The van der Waals surface area contributed by atoms with Crippen molar-refractivity contribution in [3.05, 3.63) is 35.9 Å². The van der Waals surface area contributed by atoms with E-state index in [9.17, 15) is 9.59 Å². The van der Waals surface area contributed by atoms with Crippen molar-refractivity contribution in [1.82, 2.24) is 20.5 Å². The van der Waals surface area contributed by atoms with Crippen LogP contribution in [0.4, 0.5) is 5.95 Å². The Morgan fingerprint density at radius 2 is 2.13 bits per heavy atom. The molecule has 0 aliphatic carbocycles. The molecule has 1 heterocycles. The summed E-state index contributed by atoms with van der Waals surface area (Å²) in [5, 5.41) is 9.42. The first-order valence-corrected chi connectivity index (χ1v) is 7.79. The van der Waals surface area contributed by atoms with Crippen LogP contribution in [0, 0.1) is 0 Å². The van der Waals surface area contributed by atoms with Gasteiger partial charge in [-0.15, -0.1) is 5.10 Å². The number of nitrogens with two attached hydrogens (primary N) is 1. The second-order valence-electron chi connectivity index (χ2n) is 4.58. The van der Waals surface area contributed by atoms with E-state index in [-0.39, 0.29) is 24.2 Å². The average Bonchev–Trinajstić information content (AvgIpc) is 2.99. The maximum absolute atomic E-state index is 11.9. The third-order valence-electron chi connectivity index (χ3n) is 3.01. The molecule has 1 aromatic heterocycles. The van der Waals surface area contributed by atoms with Crippen molar-refractivity contribution in [2.75, 3.05) is 25.1 Å². The quantitative estimate of drug-likeness (QED) is 0.499. The lowest BCUT2D eigenvalue weighted by Gasteiger charge is -2.15. The Morgan fingerprint density at radius 1 is 1.39 bits per heavy atom. The lowest BCUT2D eigenvalue weighted by molar-refractivity contribution is -0.142. The van der Waals surface area contributed by atoms with E-state index in [4.69, 9.17) is 10.5 Å². The molecule has 0 fully saturated rings. The molecule has 1 aromatic carbocycles. The number of H-pyrrole nitrogens is 1. The zero-order valence-corrected chi connectivity index (χ0v) is 13.3. The monoisotopic (exact) mass is 335 g/mol. The smallest absolute Gasteiger partial charge is 0.314 e. The number of benzene rings is 1. The van der Waals surface area contributed by atoms with Crippen molar-refractivity contribution in [3.63, 3.8) is 0 Å². The number of carbonyl (C=O) groups excluding carboxylic acids is 2. The van der Waals surface area contributed by atoms with Crippen LogP contribution in [0.3, 0.4) is 0 Å². The summed E-state index contributed by atoms with van der Waals surface area (Å²) in [4.78, 5) is 27.7. The topological polar surface area (TPSA) is 123 Å². The van der Waals surface area contributed by atoms with Crippen molar-refractivity contribution in [2.24, 2.45) is 0 Å². The average molecular weight is 335 g/mol. The van der Waals surface area contributed by atoms with E-state index in [0.29, 0.717) is 5.16 Å². The molecule has 1 atom stereocenters. The van der Waals surface area contributed by atoms with Gasteiger partial charge < -0.3 is 15.8 Å². The maximum Gasteiger partial charge on any atom is 0.314 e. The maximum atomic E-state index is 11.9. The molecule has 4 N–H and O–H groups in total. The van der Waals surface area contributed by atoms with E-state index in [2.05, 4.69) is 20.5 Å². The van der Waals surface area contributed by atoms with Gasteiger partial charge in [0.25, 0.3) is 0 Å². The molecular weight excluding hydrogens is 318 g/mol. The number of hydrogen-bond donors (Lipinski definition) is 3. The Hall–Kier alpha value is -2.55. The minimum Gasteiger partial charge on any atom is -0.468 e. The van der Waals surface area contributed by atoms with Crippen LogP contribution in [0.15, 0.2) is 35.5 Å². The minimum atomic E-state index is -0.547. The van der Waals surface area contributed by atoms with Crippen molar-refractivity contribution >= 4 is 29.6 Å². The molecule has 1 unspecified atom stereocenters. The molecule has 2 rings (SSSR count). The van der Waals surface area contributed by atoms with E-state index in [1.807, 2.05) is 30.3 Å². The van der Waals surface area contributed by atoms with Crippen molar-refractivity contribution in [2.45, 2.75) is 11.1 Å². The highest BCUT2D eigenvalue weighted by Gasteiger charge is 2.22. The number of esters is 1. The van der Waals surface area contributed by atoms with E-state index >= 15 is 0 Å². The zero-order chi connectivity index (χ0) is 16.7. The number of thioether (sulfide) groups is 1. The number of rotatable bonds is 7. The molecule has 0 spiro atoms. The van der Waals surface area contributed by atoms with Gasteiger partial charge in [-0.3, -0.25) is 9.59 Å². The summed E-state index contributed by atoms with van der Waals surface area (Å²) in [6, 6.07) is 9.15. The molecule has 2 aromatic rings. The number of aromatic amines is 1. The van der Waals surface area contributed by atoms with Crippen LogP contribution >= 0.6 is 11.8 Å². The fourth-order valence-electron chi connectivity index (χ4n) is 1.88. The van der Waals surface area contributed by atoms with Crippen LogP contribution in [0.25, 0.3) is 0 Å². The van der Waals surface area contributed by atoms with Gasteiger partial charge in [-0.2, -0.15) is 4.98 Å². The Labute approximate surface area is 137 Å². The molecule has 0 saturated heterocycles. The number of methoxy groups -OCH3 is 1. The fraction of sp³-hybridized carbons (Fsp3) is 0.286. The molecule has 0 aliphatic rings. The van der Waals surface area contributed by atoms with E-state index in [0.717, 1.165) is 17.3 Å². The number of anilines is 1. The molecule has 9 heteroatoms. The Balaban J connectivity index is 1.88. The number of nitrogens with zero attached hydrogens (tertiary/aromatic N) is 2. The molecule has 1 amide bonds. The van der Waals surface area contributed by atoms with Crippen LogP contribution in [0.2, 0.25) is 0 Å². The van der Waals surface area contributed by atoms with Gasteiger partial charge in [-0.1, -0.05) is 42.1 Å². The summed E-state index contributed by atoms with van der Waals surface area (Å²) in [5.74, 6) is -0.855. The standard InChI is InChI=1S/C14H17N5O3S/c1-22-12(21)10(9-5-3-2-4-6-9)7-16-11(20)8-23-14-17-13(15)18-19-14/h2-6,10H,7-8H2,1H3,(H,16,20)(H3,15,17,18,19). The number of nitrogen functional groups attached to an aromatic ring is 1. The summed E-state index contributed by atoms with van der Waals surface area (Å²) < 4.78 is 4.80. The molecule has 8 nitrogen and oxygen atoms in total. The molecule has 23 heavy (non-hydrogen) atoms. The lowest BCUT2D eigenvalue weighted by Crippen LogP contribution is -2.33. The normalized spacial score (nSPS) is 11.7. The highest BCUT2D eigenvalue weighted by molar-refractivity contribution is 7.99. The van der Waals surface area contributed by atoms with Gasteiger partial charge in [0, 0.05) is 6.54 Å².